The molecule has 0 bridgehead atoms. The van der Waals surface area contributed by atoms with E-state index in [1.807, 2.05) is 56.0 Å². The van der Waals surface area contributed by atoms with Crippen molar-refractivity contribution in [3.05, 3.63) is 30.3 Å². The minimum absolute atomic E-state index is 0.141. The van der Waals surface area contributed by atoms with Crippen LogP contribution in [0.3, 0.4) is 0 Å². The summed E-state index contributed by atoms with van der Waals surface area (Å²) >= 11 is 0. The lowest BCUT2D eigenvalue weighted by molar-refractivity contribution is -0.128. The Morgan fingerprint density at radius 2 is 1.83 bits per heavy atom. The number of ether oxygens (including phenoxy) is 1. The molecule has 2 fully saturated rings. The molecule has 0 aliphatic carbocycles. The van der Waals surface area contributed by atoms with Gasteiger partial charge in [0.25, 0.3) is 0 Å². The topological polar surface area (TPSA) is 49.9 Å². The predicted molar refractivity (Wildman–Crippen MR) is 92.9 cm³/mol. The van der Waals surface area contributed by atoms with Gasteiger partial charge in [0.2, 0.25) is 5.91 Å². The third-order valence-electron chi connectivity index (χ3n) is 4.81. The number of carbonyl (C=O) groups excluding carboxylic acids is 2. The van der Waals surface area contributed by atoms with E-state index in [1.165, 1.54) is 0 Å². The Kier molecular flexibility index (Phi) is 4.28. The van der Waals surface area contributed by atoms with Crippen LogP contribution in [0.25, 0.3) is 0 Å². The molecule has 5 nitrogen and oxygen atoms in total. The van der Waals surface area contributed by atoms with Crippen LogP contribution in [0, 0.1) is 5.41 Å². The number of benzene rings is 1. The van der Waals surface area contributed by atoms with E-state index in [0.29, 0.717) is 19.6 Å². The van der Waals surface area contributed by atoms with E-state index in [1.54, 1.807) is 4.90 Å². The highest BCUT2D eigenvalue weighted by Crippen LogP contribution is 2.42. The first-order valence-corrected chi connectivity index (χ1v) is 8.66. The molecule has 0 radical (unpaired) electrons. The van der Waals surface area contributed by atoms with E-state index in [2.05, 4.69) is 0 Å². The van der Waals surface area contributed by atoms with Gasteiger partial charge in [-0.2, -0.15) is 0 Å². The number of nitrogens with zero attached hydrogens (tertiary/aromatic N) is 2. The average Bonchev–Trinajstić information content (AvgIpc) is 2.83. The Balaban J connectivity index is 1.74. The molecule has 1 aromatic rings. The SMILES string of the molecule is CC(C)(C)OC(=O)N1CCCC2(CCN(c3ccccc3)C2=O)C1. The smallest absolute Gasteiger partial charge is 0.410 e. The van der Waals surface area contributed by atoms with Gasteiger partial charge < -0.3 is 14.5 Å². The van der Waals surface area contributed by atoms with Crippen molar-refractivity contribution in [2.24, 2.45) is 5.41 Å². The Bertz CT molecular complexity index is 623. The highest BCUT2D eigenvalue weighted by Gasteiger charge is 2.50. The fourth-order valence-electron chi connectivity index (χ4n) is 3.67. The second kappa shape index (κ2) is 6.11. The number of carbonyl (C=O) groups is 2. The van der Waals surface area contributed by atoms with Gasteiger partial charge in [-0.1, -0.05) is 18.2 Å². The number of rotatable bonds is 1. The molecule has 1 unspecified atom stereocenters. The van der Waals surface area contributed by atoms with Crippen LogP contribution < -0.4 is 4.90 Å². The van der Waals surface area contributed by atoms with E-state index in [4.69, 9.17) is 4.74 Å². The number of likely N-dealkylation sites (tertiary alicyclic amines) is 1. The minimum Gasteiger partial charge on any atom is -0.444 e. The fraction of sp³-hybridized carbons (Fsp3) is 0.579. The monoisotopic (exact) mass is 330 g/mol. The molecule has 2 amide bonds. The van der Waals surface area contributed by atoms with Crippen molar-refractivity contribution in [2.45, 2.75) is 45.6 Å². The van der Waals surface area contributed by atoms with Crippen molar-refractivity contribution in [3.63, 3.8) is 0 Å². The molecule has 0 N–H and O–H groups in total. The van der Waals surface area contributed by atoms with Crippen molar-refractivity contribution >= 4 is 17.7 Å². The first kappa shape index (κ1) is 16.8. The zero-order valence-electron chi connectivity index (χ0n) is 14.7. The van der Waals surface area contributed by atoms with E-state index >= 15 is 0 Å². The van der Waals surface area contributed by atoms with Crippen LogP contribution in [0.4, 0.5) is 10.5 Å². The van der Waals surface area contributed by atoms with Gasteiger partial charge in [-0.25, -0.2) is 4.79 Å². The number of amides is 2. The second-order valence-corrected chi connectivity index (χ2v) is 7.83. The van der Waals surface area contributed by atoms with Gasteiger partial charge >= 0.3 is 6.09 Å². The van der Waals surface area contributed by atoms with Crippen molar-refractivity contribution in [1.29, 1.82) is 0 Å². The average molecular weight is 330 g/mol. The molecule has 0 aromatic heterocycles. The molecule has 2 saturated heterocycles. The number of hydrogen-bond donors (Lipinski definition) is 0. The quantitative estimate of drug-likeness (QED) is 0.792. The fourth-order valence-corrected chi connectivity index (χ4v) is 3.67. The van der Waals surface area contributed by atoms with E-state index in [9.17, 15) is 9.59 Å². The summed E-state index contributed by atoms with van der Waals surface area (Å²) in [5.41, 5.74) is -0.0311. The lowest BCUT2D eigenvalue weighted by Crippen LogP contribution is -2.51. The second-order valence-electron chi connectivity index (χ2n) is 7.83. The molecule has 1 aromatic carbocycles. The van der Waals surface area contributed by atoms with Crippen LogP contribution in [0.1, 0.15) is 40.0 Å². The summed E-state index contributed by atoms with van der Waals surface area (Å²) in [5.74, 6) is 0.141. The highest BCUT2D eigenvalue weighted by molar-refractivity contribution is 6.00. The molecule has 24 heavy (non-hydrogen) atoms. The minimum atomic E-state index is -0.516. The van der Waals surface area contributed by atoms with Gasteiger partial charge in [0.15, 0.2) is 0 Å². The molecule has 130 valence electrons. The van der Waals surface area contributed by atoms with Gasteiger partial charge in [0.05, 0.1) is 5.41 Å². The number of anilines is 1. The molecule has 3 rings (SSSR count). The molecule has 2 aliphatic heterocycles. The van der Waals surface area contributed by atoms with E-state index in [-0.39, 0.29) is 12.0 Å². The number of para-hydroxylation sites is 1. The van der Waals surface area contributed by atoms with E-state index in [0.717, 1.165) is 24.9 Å². The molecule has 5 heteroatoms. The van der Waals surface area contributed by atoms with Crippen LogP contribution in [-0.2, 0) is 9.53 Å². The van der Waals surface area contributed by atoms with Crippen LogP contribution in [0.2, 0.25) is 0 Å². The van der Waals surface area contributed by atoms with Crippen LogP contribution in [0.15, 0.2) is 30.3 Å². The highest BCUT2D eigenvalue weighted by atomic mass is 16.6. The lowest BCUT2D eigenvalue weighted by Gasteiger charge is -2.39. The summed E-state index contributed by atoms with van der Waals surface area (Å²) in [4.78, 5) is 29.0. The molecular weight excluding hydrogens is 304 g/mol. The van der Waals surface area contributed by atoms with Gasteiger partial charge in [0, 0.05) is 25.3 Å². The first-order chi connectivity index (χ1) is 11.3. The Morgan fingerprint density at radius 1 is 1.12 bits per heavy atom. The summed E-state index contributed by atoms with van der Waals surface area (Å²) in [6.45, 7) is 7.43. The predicted octanol–water partition coefficient (Wildman–Crippen LogP) is 3.44. The van der Waals surface area contributed by atoms with Crippen molar-refractivity contribution in [1.82, 2.24) is 4.90 Å². The number of piperidine rings is 1. The van der Waals surface area contributed by atoms with E-state index < -0.39 is 11.0 Å². The van der Waals surface area contributed by atoms with Gasteiger partial charge in [-0.3, -0.25) is 4.79 Å². The first-order valence-electron chi connectivity index (χ1n) is 8.66. The Morgan fingerprint density at radius 3 is 2.50 bits per heavy atom. The molecule has 2 heterocycles. The zero-order valence-corrected chi connectivity index (χ0v) is 14.7. The summed E-state index contributed by atoms with van der Waals surface area (Å²) < 4.78 is 5.49. The van der Waals surface area contributed by atoms with Gasteiger partial charge in [-0.15, -0.1) is 0 Å². The maximum absolute atomic E-state index is 13.1. The van der Waals surface area contributed by atoms with Crippen LogP contribution in [0.5, 0.6) is 0 Å². The van der Waals surface area contributed by atoms with Gasteiger partial charge in [0.1, 0.15) is 5.60 Å². The Labute approximate surface area is 143 Å². The summed E-state index contributed by atoms with van der Waals surface area (Å²) in [7, 11) is 0. The normalized spacial score (nSPS) is 24.5. The molecular formula is C19H26N2O3. The maximum Gasteiger partial charge on any atom is 0.410 e. The summed E-state index contributed by atoms with van der Waals surface area (Å²) in [6, 6.07) is 9.77. The summed E-state index contributed by atoms with van der Waals surface area (Å²) in [6.07, 6.45) is 2.16. The summed E-state index contributed by atoms with van der Waals surface area (Å²) in [5, 5.41) is 0. The Hall–Kier alpha value is -2.04. The third-order valence-corrected chi connectivity index (χ3v) is 4.81. The molecule has 1 atom stereocenters. The lowest BCUT2D eigenvalue weighted by atomic mass is 9.78. The number of hydrogen-bond acceptors (Lipinski definition) is 3. The molecule has 0 saturated carbocycles. The third kappa shape index (κ3) is 3.25. The molecule has 2 aliphatic rings. The largest absolute Gasteiger partial charge is 0.444 e. The van der Waals surface area contributed by atoms with Crippen LogP contribution >= 0.6 is 0 Å². The van der Waals surface area contributed by atoms with Gasteiger partial charge in [-0.05, 0) is 52.2 Å². The zero-order chi connectivity index (χ0) is 17.4. The van der Waals surface area contributed by atoms with Crippen molar-refractivity contribution < 1.29 is 14.3 Å². The molecule has 1 spiro atoms. The van der Waals surface area contributed by atoms with Crippen molar-refractivity contribution in [3.8, 4) is 0 Å². The van der Waals surface area contributed by atoms with Crippen LogP contribution in [-0.4, -0.2) is 42.1 Å². The van der Waals surface area contributed by atoms with Crippen molar-refractivity contribution in [2.75, 3.05) is 24.5 Å². The standard InChI is InChI=1S/C19H26N2O3/c1-18(2,3)24-17(23)20-12-7-10-19(14-20)11-13-21(16(19)22)15-8-5-4-6-9-15/h4-6,8-9H,7,10-14H2,1-3H3. The maximum atomic E-state index is 13.1.